The van der Waals surface area contributed by atoms with Gasteiger partial charge in [-0.1, -0.05) is 61.2 Å². The molecule has 102 valence electrons. The van der Waals surface area contributed by atoms with Crippen molar-refractivity contribution < 1.29 is 5.11 Å². The Bertz CT molecular complexity index is 608. The van der Waals surface area contributed by atoms with Crippen molar-refractivity contribution in [3.8, 4) is 5.75 Å². The van der Waals surface area contributed by atoms with E-state index >= 15 is 0 Å². The summed E-state index contributed by atoms with van der Waals surface area (Å²) in [6, 6.07) is 17.8. The highest BCUT2D eigenvalue weighted by atomic mass is 16.3. The Morgan fingerprint density at radius 3 is 2.05 bits per heavy atom. The highest BCUT2D eigenvalue weighted by Crippen LogP contribution is 2.39. The van der Waals surface area contributed by atoms with Gasteiger partial charge in [-0.3, -0.25) is 0 Å². The number of aromatic hydroxyl groups is 1. The first-order valence-corrected chi connectivity index (χ1v) is 6.77. The summed E-state index contributed by atoms with van der Waals surface area (Å²) in [5.41, 5.74) is 3.22. The normalized spacial score (nSPS) is 14.6. The molecule has 0 aliphatic rings. The standard InChI is InChI=1S/C19H20O/c1-4-15(5-2)19(3,16-9-7-6-8-10-16)17-11-13-18(20)14-12-17/h4-14,20H,1H2,2-3H3/b15-5+. The zero-order valence-electron chi connectivity index (χ0n) is 12.0. The predicted octanol–water partition coefficient (Wildman–Crippen LogP) is 4.83. The molecule has 2 rings (SSSR count). The molecule has 0 bridgehead atoms. The second kappa shape index (κ2) is 5.79. The van der Waals surface area contributed by atoms with Crippen molar-refractivity contribution >= 4 is 0 Å². The van der Waals surface area contributed by atoms with Crippen molar-refractivity contribution in [2.45, 2.75) is 19.3 Å². The lowest BCUT2D eigenvalue weighted by Gasteiger charge is -2.32. The predicted molar refractivity (Wildman–Crippen MR) is 85.0 cm³/mol. The van der Waals surface area contributed by atoms with Crippen molar-refractivity contribution in [2.75, 3.05) is 0 Å². The first-order chi connectivity index (χ1) is 9.62. The Kier molecular flexibility index (Phi) is 4.09. The van der Waals surface area contributed by atoms with E-state index in [9.17, 15) is 5.11 Å². The second-order valence-electron chi connectivity index (χ2n) is 4.99. The molecule has 0 heterocycles. The van der Waals surface area contributed by atoms with Crippen molar-refractivity contribution in [2.24, 2.45) is 0 Å². The summed E-state index contributed by atoms with van der Waals surface area (Å²) in [5.74, 6) is 0.282. The van der Waals surface area contributed by atoms with E-state index in [-0.39, 0.29) is 11.2 Å². The van der Waals surface area contributed by atoms with Crippen molar-refractivity contribution in [3.63, 3.8) is 0 Å². The van der Waals surface area contributed by atoms with E-state index in [0.29, 0.717) is 0 Å². The molecule has 0 spiro atoms. The molecule has 1 heteroatoms. The minimum atomic E-state index is -0.272. The zero-order chi connectivity index (χ0) is 14.6. The Morgan fingerprint density at radius 1 is 1.00 bits per heavy atom. The van der Waals surface area contributed by atoms with Crippen LogP contribution in [0.15, 0.2) is 78.9 Å². The number of allylic oxidation sites excluding steroid dienone is 3. The van der Waals surface area contributed by atoms with Crippen LogP contribution in [0.1, 0.15) is 25.0 Å². The van der Waals surface area contributed by atoms with Crippen LogP contribution in [0, 0.1) is 0 Å². The number of phenols is 1. The summed E-state index contributed by atoms with van der Waals surface area (Å²) in [6.45, 7) is 8.16. The lowest BCUT2D eigenvalue weighted by atomic mass is 9.70. The maximum absolute atomic E-state index is 9.51. The lowest BCUT2D eigenvalue weighted by Crippen LogP contribution is -2.25. The maximum atomic E-state index is 9.51. The van der Waals surface area contributed by atoms with Crippen LogP contribution in [0.3, 0.4) is 0 Å². The molecule has 0 saturated heterocycles. The molecule has 2 aromatic carbocycles. The van der Waals surface area contributed by atoms with Crippen molar-refractivity contribution in [1.29, 1.82) is 0 Å². The molecule has 0 saturated carbocycles. The first-order valence-electron chi connectivity index (χ1n) is 6.77. The molecule has 20 heavy (non-hydrogen) atoms. The van der Waals surface area contributed by atoms with E-state index in [2.05, 4.69) is 31.7 Å². The maximum Gasteiger partial charge on any atom is 0.115 e. The van der Waals surface area contributed by atoms with Crippen LogP contribution >= 0.6 is 0 Å². The zero-order valence-corrected chi connectivity index (χ0v) is 12.0. The Morgan fingerprint density at radius 2 is 1.55 bits per heavy atom. The Hall–Kier alpha value is -2.28. The van der Waals surface area contributed by atoms with Crippen LogP contribution in [0.2, 0.25) is 0 Å². The molecule has 2 aromatic rings. The van der Waals surface area contributed by atoms with E-state index in [0.717, 1.165) is 11.1 Å². The minimum Gasteiger partial charge on any atom is -0.508 e. The number of benzene rings is 2. The average molecular weight is 264 g/mol. The lowest BCUT2D eigenvalue weighted by molar-refractivity contribution is 0.474. The van der Waals surface area contributed by atoms with Gasteiger partial charge in [0, 0.05) is 5.41 Å². The quantitative estimate of drug-likeness (QED) is 0.784. The molecule has 1 N–H and O–H groups in total. The summed E-state index contributed by atoms with van der Waals surface area (Å²) in [7, 11) is 0. The monoisotopic (exact) mass is 264 g/mol. The van der Waals surface area contributed by atoms with Gasteiger partial charge in [0.2, 0.25) is 0 Å². The van der Waals surface area contributed by atoms with Gasteiger partial charge in [0.05, 0.1) is 0 Å². The molecule has 0 radical (unpaired) electrons. The third-order valence-electron chi connectivity index (χ3n) is 3.90. The molecule has 0 aliphatic carbocycles. The van der Waals surface area contributed by atoms with E-state index < -0.39 is 0 Å². The fourth-order valence-corrected chi connectivity index (χ4v) is 2.68. The summed E-state index contributed by atoms with van der Waals surface area (Å²) in [4.78, 5) is 0. The highest BCUT2D eigenvalue weighted by Gasteiger charge is 2.31. The molecular formula is C19H20O. The van der Waals surface area contributed by atoms with Gasteiger partial charge in [-0.2, -0.15) is 0 Å². The first kappa shape index (κ1) is 14.1. The van der Waals surface area contributed by atoms with Gasteiger partial charge >= 0.3 is 0 Å². The summed E-state index contributed by atoms with van der Waals surface area (Å²) in [5, 5.41) is 9.51. The molecule has 1 atom stereocenters. The van der Waals surface area contributed by atoms with E-state index in [4.69, 9.17) is 0 Å². The van der Waals surface area contributed by atoms with Gasteiger partial charge in [0.1, 0.15) is 5.75 Å². The highest BCUT2D eigenvalue weighted by molar-refractivity contribution is 5.51. The second-order valence-corrected chi connectivity index (χ2v) is 4.99. The van der Waals surface area contributed by atoms with E-state index in [1.54, 1.807) is 12.1 Å². The Balaban J connectivity index is 2.67. The third kappa shape index (κ3) is 2.39. The van der Waals surface area contributed by atoms with Crippen molar-refractivity contribution in [1.82, 2.24) is 0 Å². The third-order valence-corrected chi connectivity index (χ3v) is 3.90. The van der Waals surface area contributed by atoms with Crippen LogP contribution in [-0.2, 0) is 5.41 Å². The van der Waals surface area contributed by atoms with Gasteiger partial charge in [-0.05, 0) is 42.7 Å². The average Bonchev–Trinajstić information content (AvgIpc) is 2.49. The summed E-state index contributed by atoms with van der Waals surface area (Å²) >= 11 is 0. The van der Waals surface area contributed by atoms with E-state index in [1.165, 1.54) is 5.56 Å². The molecular weight excluding hydrogens is 244 g/mol. The van der Waals surface area contributed by atoms with E-state index in [1.807, 2.05) is 43.3 Å². The molecule has 0 aromatic heterocycles. The van der Waals surface area contributed by atoms with Crippen LogP contribution < -0.4 is 0 Å². The molecule has 0 fully saturated rings. The fourth-order valence-electron chi connectivity index (χ4n) is 2.68. The van der Waals surface area contributed by atoms with Crippen LogP contribution in [-0.4, -0.2) is 5.11 Å². The molecule has 1 unspecified atom stereocenters. The number of hydrogen-bond acceptors (Lipinski definition) is 1. The van der Waals surface area contributed by atoms with Gasteiger partial charge in [0.15, 0.2) is 0 Å². The number of rotatable bonds is 4. The number of hydrogen-bond donors (Lipinski definition) is 1. The largest absolute Gasteiger partial charge is 0.508 e. The van der Waals surface area contributed by atoms with Gasteiger partial charge in [-0.25, -0.2) is 0 Å². The smallest absolute Gasteiger partial charge is 0.115 e. The van der Waals surface area contributed by atoms with Gasteiger partial charge < -0.3 is 5.11 Å². The van der Waals surface area contributed by atoms with Crippen molar-refractivity contribution in [3.05, 3.63) is 90.0 Å². The number of phenolic OH excluding ortho intramolecular Hbond substituents is 1. The summed E-state index contributed by atoms with van der Waals surface area (Å²) in [6.07, 6.45) is 3.99. The SMILES string of the molecule is C=C/C(=C\C)C(C)(c1ccccc1)c1ccc(O)cc1. The topological polar surface area (TPSA) is 20.2 Å². The van der Waals surface area contributed by atoms with Gasteiger partial charge in [-0.15, -0.1) is 0 Å². The van der Waals surface area contributed by atoms with Crippen LogP contribution in [0.4, 0.5) is 0 Å². The Labute approximate surface area is 120 Å². The molecule has 0 amide bonds. The minimum absolute atomic E-state index is 0.272. The molecule has 1 nitrogen and oxygen atoms in total. The van der Waals surface area contributed by atoms with Gasteiger partial charge in [0.25, 0.3) is 0 Å². The van der Waals surface area contributed by atoms with Crippen LogP contribution in [0.25, 0.3) is 0 Å². The van der Waals surface area contributed by atoms with Crippen LogP contribution in [0.5, 0.6) is 5.75 Å². The fraction of sp³-hybridized carbons (Fsp3) is 0.158. The summed E-state index contributed by atoms with van der Waals surface area (Å²) < 4.78 is 0. The molecule has 0 aliphatic heterocycles.